The molecule has 33 heavy (non-hydrogen) atoms. The van der Waals surface area contributed by atoms with Crippen molar-refractivity contribution in [2.24, 2.45) is 5.92 Å². The van der Waals surface area contributed by atoms with Crippen LogP contribution in [0.4, 0.5) is 0 Å². The van der Waals surface area contributed by atoms with E-state index in [9.17, 15) is 14.4 Å². The van der Waals surface area contributed by atoms with Gasteiger partial charge in [-0.1, -0.05) is 6.07 Å². The summed E-state index contributed by atoms with van der Waals surface area (Å²) in [6.07, 6.45) is 4.98. The van der Waals surface area contributed by atoms with Crippen LogP contribution in [0.1, 0.15) is 45.4 Å². The lowest BCUT2D eigenvalue weighted by molar-refractivity contribution is -0.132. The van der Waals surface area contributed by atoms with E-state index >= 15 is 0 Å². The molecule has 2 amide bonds. The van der Waals surface area contributed by atoms with Crippen molar-refractivity contribution in [1.82, 2.24) is 14.8 Å². The molecule has 2 aliphatic rings. The molecule has 9 heteroatoms. The molecule has 4 rings (SSSR count). The number of nitrogens with zero attached hydrogens (tertiary/aromatic N) is 3. The van der Waals surface area contributed by atoms with Crippen LogP contribution in [0.2, 0.25) is 0 Å². The van der Waals surface area contributed by atoms with Gasteiger partial charge in [0.05, 0.1) is 23.2 Å². The molecule has 0 saturated carbocycles. The Morgan fingerprint density at radius 2 is 2.09 bits per heavy atom. The molecule has 2 aromatic rings. The van der Waals surface area contributed by atoms with Crippen molar-refractivity contribution >= 4 is 28.9 Å². The number of pyridine rings is 1. The van der Waals surface area contributed by atoms with Gasteiger partial charge in [0.1, 0.15) is 6.54 Å². The van der Waals surface area contributed by atoms with Crippen molar-refractivity contribution in [2.75, 3.05) is 39.4 Å². The summed E-state index contributed by atoms with van der Waals surface area (Å²) in [5.41, 5.74) is 1.37. The molecule has 1 atom stereocenters. The van der Waals surface area contributed by atoms with Crippen LogP contribution in [0.5, 0.6) is 0 Å². The fraction of sp³-hybridized carbons (Fsp3) is 0.500. The highest BCUT2D eigenvalue weighted by Gasteiger charge is 2.33. The topological polar surface area (TPSA) is 89.0 Å². The summed E-state index contributed by atoms with van der Waals surface area (Å²) < 4.78 is 11.6. The number of hydrogen-bond acceptors (Lipinski definition) is 7. The van der Waals surface area contributed by atoms with Crippen molar-refractivity contribution in [2.45, 2.75) is 32.5 Å². The summed E-state index contributed by atoms with van der Waals surface area (Å²) in [7, 11) is 0. The molecular weight excluding hydrogens is 442 g/mol. The second-order valence-corrected chi connectivity index (χ2v) is 9.50. The normalized spacial score (nSPS) is 20.0. The number of amides is 2. The first-order valence-electron chi connectivity index (χ1n) is 11.2. The average molecular weight is 472 g/mol. The number of carbonyl (C=O) groups excluding carboxylic acids is 3. The lowest BCUT2D eigenvalue weighted by Gasteiger charge is -2.30. The summed E-state index contributed by atoms with van der Waals surface area (Å²) in [5.74, 6) is -0.0235. The smallest absolute Gasteiger partial charge is 0.255 e. The van der Waals surface area contributed by atoms with Gasteiger partial charge < -0.3 is 19.3 Å². The lowest BCUT2D eigenvalue weighted by Crippen LogP contribution is -2.42. The Balaban J connectivity index is 1.49. The highest BCUT2D eigenvalue weighted by atomic mass is 32.1. The van der Waals surface area contributed by atoms with Crippen molar-refractivity contribution in [1.29, 1.82) is 0 Å². The van der Waals surface area contributed by atoms with Crippen molar-refractivity contribution < 1.29 is 23.9 Å². The van der Waals surface area contributed by atoms with Crippen LogP contribution in [0.25, 0.3) is 0 Å². The molecule has 2 aromatic heterocycles. The van der Waals surface area contributed by atoms with Crippen LogP contribution < -0.4 is 0 Å². The molecule has 4 heterocycles. The number of ketones is 1. The Bertz CT molecular complexity index is 973. The summed E-state index contributed by atoms with van der Waals surface area (Å²) in [4.78, 5) is 46.1. The zero-order chi connectivity index (χ0) is 23.2. The number of carbonyl (C=O) groups is 3. The van der Waals surface area contributed by atoms with E-state index in [1.165, 1.54) is 18.3 Å². The molecule has 2 aliphatic heterocycles. The summed E-state index contributed by atoms with van der Waals surface area (Å²) in [6, 6.07) is 5.40. The van der Waals surface area contributed by atoms with Gasteiger partial charge in [0, 0.05) is 50.6 Å². The number of ether oxygens (including phenoxy) is 2. The van der Waals surface area contributed by atoms with Gasteiger partial charge in [-0.05, 0) is 43.4 Å². The third-order valence-corrected chi connectivity index (χ3v) is 7.07. The zero-order valence-corrected chi connectivity index (χ0v) is 19.6. The predicted molar refractivity (Wildman–Crippen MR) is 123 cm³/mol. The van der Waals surface area contributed by atoms with Crippen LogP contribution in [-0.4, -0.2) is 77.9 Å². The van der Waals surface area contributed by atoms with Crippen LogP contribution >= 0.6 is 11.3 Å². The Morgan fingerprint density at radius 3 is 2.79 bits per heavy atom. The second kappa shape index (κ2) is 11.0. The molecule has 0 radical (unpaired) electrons. The number of rotatable bonds is 7. The van der Waals surface area contributed by atoms with Crippen LogP contribution in [0.3, 0.4) is 0 Å². The first kappa shape index (κ1) is 23.5. The monoisotopic (exact) mass is 471 g/mol. The Labute approximate surface area is 197 Å². The fourth-order valence-electron chi connectivity index (χ4n) is 4.17. The molecular formula is C24H29N3O5S. The third kappa shape index (κ3) is 6.25. The minimum absolute atomic E-state index is 0.0000568. The van der Waals surface area contributed by atoms with E-state index in [-0.39, 0.29) is 30.2 Å². The Hall–Kier alpha value is -2.62. The number of thiophene rings is 1. The van der Waals surface area contributed by atoms with Crippen molar-refractivity contribution in [3.05, 3.63) is 52.0 Å². The van der Waals surface area contributed by atoms with Gasteiger partial charge >= 0.3 is 0 Å². The van der Waals surface area contributed by atoms with E-state index in [0.717, 1.165) is 31.6 Å². The second-order valence-electron chi connectivity index (χ2n) is 8.59. The largest absolute Gasteiger partial charge is 0.381 e. The van der Waals surface area contributed by atoms with Gasteiger partial charge in [0.2, 0.25) is 5.91 Å². The predicted octanol–water partition coefficient (Wildman–Crippen LogP) is 2.64. The van der Waals surface area contributed by atoms with E-state index in [1.54, 1.807) is 28.7 Å². The maximum Gasteiger partial charge on any atom is 0.255 e. The van der Waals surface area contributed by atoms with E-state index < -0.39 is 0 Å². The van der Waals surface area contributed by atoms with Gasteiger partial charge in [-0.15, -0.1) is 11.3 Å². The van der Waals surface area contributed by atoms with E-state index in [4.69, 9.17) is 9.47 Å². The Kier molecular flexibility index (Phi) is 7.85. The quantitative estimate of drug-likeness (QED) is 0.577. The van der Waals surface area contributed by atoms with Gasteiger partial charge in [-0.3, -0.25) is 19.4 Å². The first-order chi connectivity index (χ1) is 16.0. The SMILES string of the molecule is CC(=O)c1cc(C(=O)N2CC(=O)N(CC3CCOCC3)CC(OCc3cccnc3)C2)cs1. The Morgan fingerprint density at radius 1 is 1.27 bits per heavy atom. The third-order valence-electron chi connectivity index (χ3n) is 6.04. The lowest BCUT2D eigenvalue weighted by atomic mass is 9.99. The first-order valence-corrected chi connectivity index (χ1v) is 12.1. The highest BCUT2D eigenvalue weighted by molar-refractivity contribution is 7.12. The maximum absolute atomic E-state index is 13.2. The van der Waals surface area contributed by atoms with Crippen LogP contribution in [0, 0.1) is 5.92 Å². The van der Waals surface area contributed by atoms with Gasteiger partial charge in [0.15, 0.2) is 5.78 Å². The van der Waals surface area contributed by atoms with E-state index in [1.807, 2.05) is 17.0 Å². The number of aromatic nitrogens is 1. The van der Waals surface area contributed by atoms with Crippen LogP contribution in [0.15, 0.2) is 36.0 Å². The minimum Gasteiger partial charge on any atom is -0.381 e. The standard InChI is InChI=1S/C24H29N3O5S/c1-17(28)22-9-20(16-33-22)24(30)27-13-21(32-15-19-3-2-6-25-10-19)12-26(23(29)14-27)11-18-4-7-31-8-5-18/h2-3,6,9-10,16,18,21H,4-5,7-8,11-15H2,1H3. The van der Waals surface area contributed by atoms with Crippen LogP contribution in [-0.2, 0) is 20.9 Å². The molecule has 0 aliphatic carbocycles. The van der Waals surface area contributed by atoms with Gasteiger partial charge in [-0.25, -0.2) is 0 Å². The summed E-state index contributed by atoms with van der Waals surface area (Å²) >= 11 is 1.25. The fourth-order valence-corrected chi connectivity index (χ4v) is 4.95. The molecule has 1 unspecified atom stereocenters. The average Bonchev–Trinajstić information content (AvgIpc) is 3.27. The highest BCUT2D eigenvalue weighted by Crippen LogP contribution is 2.21. The minimum atomic E-state index is -0.327. The molecule has 2 fully saturated rings. The molecule has 0 aromatic carbocycles. The van der Waals surface area contributed by atoms with Crippen molar-refractivity contribution in [3.63, 3.8) is 0 Å². The maximum atomic E-state index is 13.2. The molecule has 0 N–H and O–H groups in total. The molecule has 176 valence electrons. The molecule has 0 bridgehead atoms. The molecule has 0 spiro atoms. The zero-order valence-electron chi connectivity index (χ0n) is 18.8. The van der Waals surface area contributed by atoms with Gasteiger partial charge in [0.25, 0.3) is 5.91 Å². The number of hydrogen-bond donors (Lipinski definition) is 0. The number of Topliss-reactive ketones (excluding diaryl/α,β-unsaturated/α-hetero) is 1. The summed E-state index contributed by atoms with van der Waals surface area (Å²) in [6.45, 7) is 4.65. The van der Waals surface area contributed by atoms with E-state index in [2.05, 4.69) is 4.98 Å². The molecule has 2 saturated heterocycles. The van der Waals surface area contributed by atoms with Gasteiger partial charge in [-0.2, -0.15) is 0 Å². The molecule has 8 nitrogen and oxygen atoms in total. The van der Waals surface area contributed by atoms with Crippen molar-refractivity contribution in [3.8, 4) is 0 Å². The summed E-state index contributed by atoms with van der Waals surface area (Å²) in [5, 5.41) is 1.68. The van der Waals surface area contributed by atoms with E-state index in [0.29, 0.717) is 42.6 Å².